The molecule has 2 aromatic carbocycles. The quantitative estimate of drug-likeness (QED) is 0.574. The first-order valence-corrected chi connectivity index (χ1v) is 13.0. The molecule has 0 bridgehead atoms. The number of carbonyl (C=O) groups excluding carboxylic acids is 3. The molecule has 2 aliphatic rings. The summed E-state index contributed by atoms with van der Waals surface area (Å²) in [6.45, 7) is 3.68. The van der Waals surface area contributed by atoms with Crippen LogP contribution in [0.2, 0.25) is 0 Å². The number of benzene rings is 2. The van der Waals surface area contributed by atoms with Gasteiger partial charge in [-0.2, -0.15) is 0 Å². The van der Waals surface area contributed by atoms with Gasteiger partial charge in [-0.15, -0.1) is 0 Å². The van der Waals surface area contributed by atoms with Gasteiger partial charge in [-0.25, -0.2) is 8.42 Å². The first-order valence-electron chi connectivity index (χ1n) is 11.1. The molecule has 0 radical (unpaired) electrons. The topological polar surface area (TPSA) is 125 Å². The molecule has 1 saturated heterocycles. The molecule has 2 aromatic rings. The lowest BCUT2D eigenvalue weighted by Crippen LogP contribution is -2.53. The van der Waals surface area contributed by atoms with Gasteiger partial charge < -0.3 is 20.9 Å². The van der Waals surface area contributed by atoms with E-state index < -0.39 is 27.8 Å². The summed E-state index contributed by atoms with van der Waals surface area (Å²) < 4.78 is 23.5. The molecule has 2 atom stereocenters. The maximum absolute atomic E-state index is 12.9. The maximum atomic E-state index is 12.9. The number of para-hydroxylation sites is 2. The van der Waals surface area contributed by atoms with Crippen molar-refractivity contribution >= 4 is 44.6 Å². The molecule has 0 saturated carbocycles. The van der Waals surface area contributed by atoms with E-state index in [1.807, 2.05) is 32.0 Å². The molecule has 3 N–H and O–H groups in total. The molecule has 10 heteroatoms. The van der Waals surface area contributed by atoms with Crippen molar-refractivity contribution in [1.29, 1.82) is 0 Å². The van der Waals surface area contributed by atoms with Crippen LogP contribution in [0.4, 0.5) is 17.1 Å². The van der Waals surface area contributed by atoms with Crippen molar-refractivity contribution in [2.45, 2.75) is 38.8 Å². The summed E-state index contributed by atoms with van der Waals surface area (Å²) in [5, 5.41) is 8.43. The number of nitrogens with zero attached hydrogens (tertiary/aromatic N) is 1. The number of hydrogen-bond acceptors (Lipinski definition) is 6. The van der Waals surface area contributed by atoms with Crippen LogP contribution in [0.1, 0.15) is 24.0 Å². The molecule has 2 unspecified atom stereocenters. The molecule has 180 valence electrons. The lowest BCUT2D eigenvalue weighted by Gasteiger charge is -2.37. The third-order valence-electron chi connectivity index (χ3n) is 6.10. The van der Waals surface area contributed by atoms with Gasteiger partial charge in [-0.05, 0) is 44.0 Å². The normalized spacial score (nSPS) is 20.9. The monoisotopic (exact) mass is 484 g/mol. The van der Waals surface area contributed by atoms with Crippen LogP contribution in [0.3, 0.4) is 0 Å². The Kier molecular flexibility index (Phi) is 6.60. The zero-order chi connectivity index (χ0) is 24.5. The van der Waals surface area contributed by atoms with Gasteiger partial charge in [0.25, 0.3) is 0 Å². The van der Waals surface area contributed by atoms with E-state index in [9.17, 15) is 22.8 Å². The van der Waals surface area contributed by atoms with Gasteiger partial charge in [0.05, 0.1) is 35.8 Å². The molecule has 0 spiro atoms. The summed E-state index contributed by atoms with van der Waals surface area (Å²) >= 11 is 0. The summed E-state index contributed by atoms with van der Waals surface area (Å²) in [7, 11) is -3.14. The number of fused-ring (bicyclic) bond motifs is 1. The average molecular weight is 485 g/mol. The second-order valence-electron chi connectivity index (χ2n) is 8.89. The second-order valence-corrected chi connectivity index (χ2v) is 11.1. The fourth-order valence-corrected chi connectivity index (χ4v) is 6.09. The van der Waals surface area contributed by atoms with Crippen LogP contribution in [0.5, 0.6) is 0 Å². The number of nitrogens with one attached hydrogen (secondary N) is 3. The highest BCUT2D eigenvalue weighted by Crippen LogP contribution is 2.33. The van der Waals surface area contributed by atoms with Crippen LogP contribution < -0.4 is 20.9 Å². The van der Waals surface area contributed by atoms with Gasteiger partial charge in [-0.1, -0.05) is 29.8 Å². The van der Waals surface area contributed by atoms with E-state index in [-0.39, 0.29) is 36.3 Å². The standard InChI is InChI=1S/C24H28N4O5S/c1-15-7-8-18(16(2)11-15)26-22(29)12-21-24(31)27-19-5-3-4-6-20(19)28(21)13-23(30)25-17-9-10-34(32,33)14-17/h3-8,11,17,21H,9-10,12-14H2,1-2H3,(H,25,30)(H,26,29)(H,27,31). The Morgan fingerprint density at radius 3 is 2.59 bits per heavy atom. The minimum atomic E-state index is -3.14. The van der Waals surface area contributed by atoms with Gasteiger partial charge in [0.15, 0.2) is 9.84 Å². The molecule has 4 rings (SSSR count). The highest BCUT2D eigenvalue weighted by atomic mass is 32.2. The predicted molar refractivity (Wildman–Crippen MR) is 131 cm³/mol. The number of hydrogen-bond donors (Lipinski definition) is 3. The van der Waals surface area contributed by atoms with Crippen LogP contribution in [0, 0.1) is 13.8 Å². The average Bonchev–Trinajstić information content (AvgIpc) is 3.10. The zero-order valence-corrected chi connectivity index (χ0v) is 19.9. The number of amides is 3. The summed E-state index contributed by atoms with van der Waals surface area (Å²) in [6.07, 6.45) is 0.214. The SMILES string of the molecule is Cc1ccc(NC(=O)CC2C(=O)Nc3ccccc3N2CC(=O)NC2CCS(=O)(=O)C2)c(C)c1. The first-order chi connectivity index (χ1) is 16.1. The molecule has 1 fully saturated rings. The van der Waals surface area contributed by atoms with Crippen molar-refractivity contribution in [1.82, 2.24) is 5.32 Å². The summed E-state index contributed by atoms with van der Waals surface area (Å²) in [4.78, 5) is 40.2. The third-order valence-corrected chi connectivity index (χ3v) is 7.86. The molecule has 9 nitrogen and oxygen atoms in total. The van der Waals surface area contributed by atoms with Crippen LogP contribution >= 0.6 is 0 Å². The highest BCUT2D eigenvalue weighted by Gasteiger charge is 2.36. The van der Waals surface area contributed by atoms with Crippen molar-refractivity contribution in [3.63, 3.8) is 0 Å². The Morgan fingerprint density at radius 2 is 1.88 bits per heavy atom. The van der Waals surface area contributed by atoms with Gasteiger partial charge >= 0.3 is 0 Å². The highest BCUT2D eigenvalue weighted by molar-refractivity contribution is 7.91. The Bertz CT molecular complexity index is 1240. The lowest BCUT2D eigenvalue weighted by atomic mass is 10.0. The van der Waals surface area contributed by atoms with E-state index >= 15 is 0 Å². The van der Waals surface area contributed by atoms with Crippen LogP contribution in [0.15, 0.2) is 42.5 Å². The van der Waals surface area contributed by atoms with Gasteiger partial charge in [0.2, 0.25) is 17.7 Å². The second kappa shape index (κ2) is 9.46. The van der Waals surface area contributed by atoms with E-state index in [0.29, 0.717) is 23.5 Å². The van der Waals surface area contributed by atoms with Crippen molar-refractivity contribution in [3.05, 3.63) is 53.6 Å². The van der Waals surface area contributed by atoms with Crippen molar-refractivity contribution in [2.24, 2.45) is 0 Å². The van der Waals surface area contributed by atoms with Gasteiger partial charge in [0.1, 0.15) is 6.04 Å². The number of aryl methyl sites for hydroxylation is 2. The molecular weight excluding hydrogens is 456 g/mol. The number of rotatable bonds is 6. The van der Waals surface area contributed by atoms with Gasteiger partial charge in [0, 0.05) is 11.7 Å². The molecule has 2 heterocycles. The molecule has 0 aliphatic carbocycles. The Morgan fingerprint density at radius 1 is 1.12 bits per heavy atom. The van der Waals surface area contributed by atoms with Crippen LogP contribution in [-0.4, -0.2) is 56.3 Å². The minimum Gasteiger partial charge on any atom is -0.351 e. The van der Waals surface area contributed by atoms with E-state index in [4.69, 9.17) is 0 Å². The fourth-order valence-electron chi connectivity index (χ4n) is 4.42. The van der Waals surface area contributed by atoms with Gasteiger partial charge in [-0.3, -0.25) is 14.4 Å². The molecular formula is C24H28N4O5S. The third kappa shape index (κ3) is 5.39. The number of sulfone groups is 1. The van der Waals surface area contributed by atoms with E-state index in [0.717, 1.165) is 11.1 Å². The zero-order valence-electron chi connectivity index (χ0n) is 19.1. The van der Waals surface area contributed by atoms with Crippen molar-refractivity contribution < 1.29 is 22.8 Å². The van der Waals surface area contributed by atoms with Crippen LogP contribution in [-0.2, 0) is 24.2 Å². The fraction of sp³-hybridized carbons (Fsp3) is 0.375. The summed E-state index contributed by atoms with van der Waals surface area (Å²) in [5.74, 6) is -1.16. The molecule has 3 amide bonds. The lowest BCUT2D eigenvalue weighted by molar-refractivity contribution is -0.123. The maximum Gasteiger partial charge on any atom is 0.247 e. The van der Waals surface area contributed by atoms with Crippen molar-refractivity contribution in [3.8, 4) is 0 Å². The van der Waals surface area contributed by atoms with E-state index in [1.54, 1.807) is 29.2 Å². The smallest absolute Gasteiger partial charge is 0.247 e. The van der Waals surface area contributed by atoms with E-state index in [2.05, 4.69) is 16.0 Å². The van der Waals surface area contributed by atoms with E-state index in [1.165, 1.54) is 0 Å². The molecule has 0 aromatic heterocycles. The summed E-state index contributed by atoms with van der Waals surface area (Å²) in [5.41, 5.74) is 3.83. The molecule has 2 aliphatic heterocycles. The number of anilines is 3. The Hall–Kier alpha value is -3.40. The van der Waals surface area contributed by atoms with Crippen LogP contribution in [0.25, 0.3) is 0 Å². The Labute approximate surface area is 198 Å². The predicted octanol–water partition coefficient (Wildman–Crippen LogP) is 1.76. The minimum absolute atomic E-state index is 0.0497. The Balaban J connectivity index is 1.51. The number of carbonyl (C=O) groups is 3. The largest absolute Gasteiger partial charge is 0.351 e. The van der Waals surface area contributed by atoms with Crippen molar-refractivity contribution in [2.75, 3.05) is 33.6 Å². The molecule has 34 heavy (non-hydrogen) atoms. The first kappa shape index (κ1) is 23.7. The summed E-state index contributed by atoms with van der Waals surface area (Å²) in [6, 6.07) is 11.4.